The van der Waals surface area contributed by atoms with E-state index < -0.39 is 0 Å². The number of rotatable bonds is 7. The van der Waals surface area contributed by atoms with Crippen molar-refractivity contribution in [2.24, 2.45) is 5.92 Å². The molecular formula is C31H43ClFN5O. The molecular weight excluding hydrogens is 513 g/mol. The van der Waals surface area contributed by atoms with Gasteiger partial charge in [-0.05, 0) is 75.1 Å². The Balaban J connectivity index is 1.23. The number of para-hydroxylation sites is 1. The molecule has 3 aliphatic rings. The molecule has 2 aromatic rings. The molecule has 0 N–H and O–H groups in total. The number of likely N-dealkylation sites (tertiary alicyclic amines) is 1. The fourth-order valence-corrected chi connectivity index (χ4v) is 6.88. The van der Waals surface area contributed by atoms with E-state index >= 15 is 0 Å². The summed E-state index contributed by atoms with van der Waals surface area (Å²) in [5.74, 6) is 0.591. The molecule has 0 aromatic heterocycles. The highest BCUT2D eigenvalue weighted by atomic mass is 35.5. The zero-order chi connectivity index (χ0) is 27.2. The molecule has 5 rings (SSSR count). The number of anilines is 1. The predicted molar refractivity (Wildman–Crippen MR) is 157 cm³/mol. The van der Waals surface area contributed by atoms with Gasteiger partial charge in [-0.15, -0.1) is 0 Å². The summed E-state index contributed by atoms with van der Waals surface area (Å²) in [6, 6.07) is 15.7. The Morgan fingerprint density at radius 2 is 1.77 bits per heavy atom. The summed E-state index contributed by atoms with van der Waals surface area (Å²) in [7, 11) is 2.14. The maximum Gasteiger partial charge on any atom is 0.222 e. The van der Waals surface area contributed by atoms with E-state index in [1.54, 1.807) is 12.1 Å². The third-order valence-electron chi connectivity index (χ3n) is 8.85. The van der Waals surface area contributed by atoms with E-state index in [0.29, 0.717) is 30.0 Å². The number of piperidine rings is 1. The zero-order valence-electron chi connectivity index (χ0n) is 23.3. The molecule has 2 aromatic carbocycles. The standard InChI is InChI=1S/C31H43ClFN5O/c1-34-13-5-14-38(17-16-34)31(39)11-10-26-24-35(23-25-6-4-7-27(32)22-25)15-12-29(26)36-18-20-37(21-19-36)30-9-3-2-8-28(30)33/h2-4,6-9,22,26,29H,5,10-21,23-24H2,1H3/t26-,29+/m0/s1. The van der Waals surface area contributed by atoms with Crippen molar-refractivity contribution >= 4 is 23.2 Å². The average molecular weight is 556 g/mol. The Hall–Kier alpha value is -2.19. The van der Waals surface area contributed by atoms with Gasteiger partial charge in [-0.1, -0.05) is 35.9 Å². The molecule has 0 unspecified atom stereocenters. The van der Waals surface area contributed by atoms with Crippen molar-refractivity contribution in [1.82, 2.24) is 19.6 Å². The number of nitrogens with zero attached hydrogens (tertiary/aromatic N) is 5. The highest BCUT2D eigenvalue weighted by Crippen LogP contribution is 2.30. The van der Waals surface area contributed by atoms with E-state index in [2.05, 4.69) is 43.7 Å². The molecule has 1 amide bonds. The molecule has 2 atom stereocenters. The summed E-state index contributed by atoms with van der Waals surface area (Å²) >= 11 is 6.26. The number of carbonyl (C=O) groups is 1. The number of amides is 1. The largest absolute Gasteiger partial charge is 0.367 e. The Labute approximate surface area is 238 Å². The van der Waals surface area contributed by atoms with E-state index in [9.17, 15) is 9.18 Å². The van der Waals surface area contributed by atoms with E-state index in [1.165, 1.54) is 5.56 Å². The average Bonchev–Trinajstić information content (AvgIpc) is 3.17. The molecule has 3 fully saturated rings. The van der Waals surface area contributed by atoms with Gasteiger partial charge in [0.15, 0.2) is 0 Å². The first-order valence-electron chi connectivity index (χ1n) is 14.6. The molecule has 0 bridgehead atoms. The molecule has 6 nitrogen and oxygen atoms in total. The molecule has 0 aliphatic carbocycles. The molecule has 3 heterocycles. The van der Waals surface area contributed by atoms with Gasteiger partial charge in [0.25, 0.3) is 0 Å². The minimum atomic E-state index is -0.142. The highest BCUT2D eigenvalue weighted by molar-refractivity contribution is 6.30. The van der Waals surface area contributed by atoms with Gasteiger partial charge in [-0.25, -0.2) is 4.39 Å². The van der Waals surface area contributed by atoms with Gasteiger partial charge >= 0.3 is 0 Å². The molecule has 3 saturated heterocycles. The second-order valence-corrected chi connectivity index (χ2v) is 12.0. The van der Waals surface area contributed by atoms with Crippen LogP contribution >= 0.6 is 11.6 Å². The fourth-order valence-electron chi connectivity index (χ4n) is 6.66. The lowest BCUT2D eigenvalue weighted by atomic mass is 9.86. The van der Waals surface area contributed by atoms with Gasteiger partial charge in [-0.3, -0.25) is 14.6 Å². The van der Waals surface area contributed by atoms with Crippen LogP contribution in [0.2, 0.25) is 5.02 Å². The molecule has 212 valence electrons. The molecule has 39 heavy (non-hydrogen) atoms. The van der Waals surface area contributed by atoms with Crippen molar-refractivity contribution in [3.63, 3.8) is 0 Å². The van der Waals surface area contributed by atoms with Crippen LogP contribution in [-0.4, -0.2) is 104 Å². The maximum atomic E-state index is 14.4. The van der Waals surface area contributed by atoms with Crippen LogP contribution in [-0.2, 0) is 11.3 Å². The lowest BCUT2D eigenvalue weighted by Gasteiger charge is -2.47. The van der Waals surface area contributed by atoms with E-state index in [0.717, 1.165) is 96.3 Å². The van der Waals surface area contributed by atoms with Crippen LogP contribution in [0.25, 0.3) is 0 Å². The molecule has 0 radical (unpaired) electrons. The summed E-state index contributed by atoms with van der Waals surface area (Å²) in [6.07, 6.45) is 3.67. The summed E-state index contributed by atoms with van der Waals surface area (Å²) < 4.78 is 14.4. The molecule has 0 spiro atoms. The van der Waals surface area contributed by atoms with Crippen molar-refractivity contribution < 1.29 is 9.18 Å². The molecule has 8 heteroatoms. The number of piperazine rings is 1. The van der Waals surface area contributed by atoms with Gasteiger partial charge in [-0.2, -0.15) is 0 Å². The first-order chi connectivity index (χ1) is 19.0. The second-order valence-electron chi connectivity index (χ2n) is 11.5. The molecule has 3 aliphatic heterocycles. The van der Waals surface area contributed by atoms with Gasteiger partial charge in [0, 0.05) is 76.4 Å². The smallest absolute Gasteiger partial charge is 0.222 e. The minimum absolute atomic E-state index is 0.142. The number of carbonyl (C=O) groups excluding carboxylic acids is 1. The van der Waals surface area contributed by atoms with Crippen molar-refractivity contribution in [2.45, 2.75) is 38.3 Å². The first-order valence-corrected chi connectivity index (χ1v) is 15.0. The number of benzene rings is 2. The van der Waals surface area contributed by atoms with Crippen molar-refractivity contribution in [1.29, 1.82) is 0 Å². The summed E-state index contributed by atoms with van der Waals surface area (Å²) in [4.78, 5) is 25.0. The summed E-state index contributed by atoms with van der Waals surface area (Å²) in [6.45, 7) is 10.1. The Kier molecular flexibility index (Phi) is 9.77. The Morgan fingerprint density at radius 1 is 0.949 bits per heavy atom. The first kappa shape index (κ1) is 28.3. The number of halogens is 2. The Morgan fingerprint density at radius 3 is 2.56 bits per heavy atom. The van der Waals surface area contributed by atoms with Crippen LogP contribution in [0.1, 0.15) is 31.2 Å². The van der Waals surface area contributed by atoms with Crippen LogP contribution < -0.4 is 4.90 Å². The highest BCUT2D eigenvalue weighted by Gasteiger charge is 2.35. The summed E-state index contributed by atoms with van der Waals surface area (Å²) in [5.41, 5.74) is 1.95. The van der Waals surface area contributed by atoms with E-state index in [-0.39, 0.29) is 5.82 Å². The Bertz CT molecular complexity index is 1090. The zero-order valence-corrected chi connectivity index (χ0v) is 24.0. The van der Waals surface area contributed by atoms with Crippen molar-refractivity contribution in [3.05, 3.63) is 64.9 Å². The van der Waals surface area contributed by atoms with Crippen molar-refractivity contribution in [2.75, 3.05) is 77.4 Å². The van der Waals surface area contributed by atoms with Crippen LogP contribution in [0.3, 0.4) is 0 Å². The van der Waals surface area contributed by atoms with Gasteiger partial charge in [0.05, 0.1) is 5.69 Å². The monoisotopic (exact) mass is 555 g/mol. The van der Waals surface area contributed by atoms with E-state index in [4.69, 9.17) is 11.6 Å². The normalized spacial score (nSPS) is 24.1. The summed E-state index contributed by atoms with van der Waals surface area (Å²) in [5, 5.41) is 0.778. The third kappa shape index (κ3) is 7.51. The topological polar surface area (TPSA) is 33.3 Å². The van der Waals surface area contributed by atoms with Crippen LogP contribution in [0, 0.1) is 11.7 Å². The quantitative estimate of drug-likeness (QED) is 0.505. The second kappa shape index (κ2) is 13.4. The predicted octanol–water partition coefficient (Wildman–Crippen LogP) is 4.44. The SMILES string of the molecule is CN1CCCN(C(=O)CC[C@H]2CN(Cc3cccc(Cl)c3)CC[C@H]2N2CCN(c3ccccc3F)CC2)CC1. The lowest BCUT2D eigenvalue weighted by molar-refractivity contribution is -0.131. The number of hydrogen-bond donors (Lipinski definition) is 0. The van der Waals surface area contributed by atoms with Crippen molar-refractivity contribution in [3.8, 4) is 0 Å². The number of likely N-dealkylation sites (N-methyl/N-ethyl adjacent to an activating group) is 1. The van der Waals surface area contributed by atoms with Gasteiger partial charge < -0.3 is 14.7 Å². The maximum absolute atomic E-state index is 14.4. The number of hydrogen-bond acceptors (Lipinski definition) is 5. The van der Waals surface area contributed by atoms with Crippen LogP contribution in [0.4, 0.5) is 10.1 Å². The lowest BCUT2D eigenvalue weighted by Crippen LogP contribution is -2.57. The van der Waals surface area contributed by atoms with Gasteiger partial charge in [0.2, 0.25) is 5.91 Å². The fraction of sp³-hybridized carbons (Fsp3) is 0.581. The van der Waals surface area contributed by atoms with Gasteiger partial charge in [0.1, 0.15) is 5.82 Å². The third-order valence-corrected chi connectivity index (χ3v) is 9.09. The molecule has 0 saturated carbocycles. The van der Waals surface area contributed by atoms with E-state index in [1.807, 2.05) is 24.3 Å². The minimum Gasteiger partial charge on any atom is -0.367 e. The van der Waals surface area contributed by atoms with Crippen LogP contribution in [0.5, 0.6) is 0 Å². The van der Waals surface area contributed by atoms with Crippen LogP contribution in [0.15, 0.2) is 48.5 Å².